The van der Waals surface area contributed by atoms with Gasteiger partial charge in [0.05, 0.1) is 13.2 Å². The summed E-state index contributed by atoms with van der Waals surface area (Å²) < 4.78 is 5.42. The molecule has 2 heterocycles. The van der Waals surface area contributed by atoms with Crippen molar-refractivity contribution in [2.45, 2.75) is 19.9 Å². The number of nitrogens with zero attached hydrogens (tertiary/aromatic N) is 2. The van der Waals surface area contributed by atoms with Gasteiger partial charge in [0.15, 0.2) is 0 Å². The molecule has 0 spiro atoms. The molecule has 2 aliphatic heterocycles. The lowest BCUT2D eigenvalue weighted by atomic mass is 9.99. The van der Waals surface area contributed by atoms with Crippen molar-refractivity contribution >= 4 is 11.4 Å². The van der Waals surface area contributed by atoms with Crippen molar-refractivity contribution < 1.29 is 4.74 Å². The predicted molar refractivity (Wildman–Crippen MR) is 88.3 cm³/mol. The van der Waals surface area contributed by atoms with E-state index in [1.165, 1.54) is 11.4 Å². The molecule has 1 unspecified atom stereocenters. The maximum Gasteiger partial charge on any atom is 0.0642 e. The van der Waals surface area contributed by atoms with Gasteiger partial charge < -0.3 is 19.9 Å². The molecule has 4 heteroatoms. The number of morpholine rings is 1. The molecule has 0 saturated carbocycles. The maximum absolute atomic E-state index is 5.42. The summed E-state index contributed by atoms with van der Waals surface area (Å²) in [6.45, 7) is 11.6. The first-order valence-electron chi connectivity index (χ1n) is 8.16. The average molecular weight is 289 g/mol. The second kappa shape index (κ2) is 6.67. The first-order chi connectivity index (χ1) is 10.3. The van der Waals surface area contributed by atoms with Gasteiger partial charge in [0.1, 0.15) is 0 Å². The molecule has 1 atom stereocenters. The molecule has 1 aromatic rings. The quantitative estimate of drug-likeness (QED) is 0.920. The van der Waals surface area contributed by atoms with E-state index in [4.69, 9.17) is 4.74 Å². The van der Waals surface area contributed by atoms with Crippen LogP contribution in [0.3, 0.4) is 0 Å². The second-order valence-electron chi connectivity index (χ2n) is 6.32. The van der Waals surface area contributed by atoms with E-state index in [0.29, 0.717) is 12.0 Å². The van der Waals surface area contributed by atoms with Gasteiger partial charge in [0.25, 0.3) is 0 Å². The molecule has 21 heavy (non-hydrogen) atoms. The number of rotatable bonds is 3. The van der Waals surface area contributed by atoms with Gasteiger partial charge in [0.2, 0.25) is 0 Å². The Morgan fingerprint density at radius 3 is 2.38 bits per heavy atom. The maximum atomic E-state index is 5.42. The van der Waals surface area contributed by atoms with Crippen molar-refractivity contribution in [3.63, 3.8) is 0 Å². The third kappa shape index (κ3) is 3.33. The minimum absolute atomic E-state index is 0.591. The van der Waals surface area contributed by atoms with Crippen molar-refractivity contribution in [3.05, 3.63) is 24.3 Å². The Morgan fingerprint density at radius 2 is 1.71 bits per heavy atom. The molecule has 1 N–H and O–H groups in total. The number of ether oxygens (including phenoxy) is 1. The Morgan fingerprint density at radius 1 is 1.05 bits per heavy atom. The van der Waals surface area contributed by atoms with Crippen LogP contribution in [0.2, 0.25) is 0 Å². The lowest BCUT2D eigenvalue weighted by Gasteiger charge is -2.40. The van der Waals surface area contributed by atoms with Crippen LogP contribution in [0.1, 0.15) is 13.8 Å². The summed E-state index contributed by atoms with van der Waals surface area (Å²) in [5, 5.41) is 3.52. The number of piperazine rings is 1. The van der Waals surface area contributed by atoms with Gasteiger partial charge in [0, 0.05) is 50.1 Å². The highest BCUT2D eigenvalue weighted by molar-refractivity contribution is 5.57. The van der Waals surface area contributed by atoms with Crippen molar-refractivity contribution in [2.75, 3.05) is 55.7 Å². The lowest BCUT2D eigenvalue weighted by molar-refractivity contribution is 0.122. The normalized spacial score (nSPS) is 23.7. The molecule has 2 saturated heterocycles. The van der Waals surface area contributed by atoms with E-state index in [1.807, 2.05) is 0 Å². The van der Waals surface area contributed by atoms with Crippen molar-refractivity contribution in [1.29, 1.82) is 0 Å². The van der Waals surface area contributed by atoms with Crippen LogP contribution in [0, 0.1) is 5.92 Å². The van der Waals surface area contributed by atoms with Crippen LogP contribution in [-0.2, 0) is 4.74 Å². The molecular formula is C17H27N3O. The topological polar surface area (TPSA) is 27.7 Å². The van der Waals surface area contributed by atoms with E-state index in [1.54, 1.807) is 0 Å². The van der Waals surface area contributed by atoms with Crippen LogP contribution >= 0.6 is 0 Å². The summed E-state index contributed by atoms with van der Waals surface area (Å²) in [5.41, 5.74) is 2.67. The van der Waals surface area contributed by atoms with Crippen LogP contribution in [0.4, 0.5) is 11.4 Å². The van der Waals surface area contributed by atoms with Crippen LogP contribution < -0.4 is 15.1 Å². The molecule has 0 bridgehead atoms. The summed E-state index contributed by atoms with van der Waals surface area (Å²) >= 11 is 0. The van der Waals surface area contributed by atoms with Gasteiger partial charge in [-0.1, -0.05) is 13.8 Å². The zero-order valence-corrected chi connectivity index (χ0v) is 13.2. The average Bonchev–Trinajstić information content (AvgIpc) is 2.56. The van der Waals surface area contributed by atoms with Gasteiger partial charge in [-0.2, -0.15) is 0 Å². The van der Waals surface area contributed by atoms with E-state index in [2.05, 4.69) is 53.2 Å². The number of hydrogen-bond acceptors (Lipinski definition) is 4. The summed E-state index contributed by atoms with van der Waals surface area (Å²) in [6.07, 6.45) is 0. The Balaban J connectivity index is 1.73. The molecular weight excluding hydrogens is 262 g/mol. The van der Waals surface area contributed by atoms with Gasteiger partial charge in [-0.25, -0.2) is 0 Å². The highest BCUT2D eigenvalue weighted by Gasteiger charge is 2.25. The fourth-order valence-electron chi connectivity index (χ4n) is 3.32. The monoisotopic (exact) mass is 289 g/mol. The van der Waals surface area contributed by atoms with Crippen molar-refractivity contribution in [2.24, 2.45) is 5.92 Å². The standard InChI is InChI=1S/C17H27N3O/c1-14(2)17-13-18-7-8-20(17)16-5-3-15(4-6-16)19-9-11-21-12-10-19/h3-6,14,17-18H,7-13H2,1-2H3. The SMILES string of the molecule is CC(C)C1CNCCN1c1ccc(N2CCOCC2)cc1. The number of anilines is 2. The van der Waals surface area contributed by atoms with E-state index in [9.17, 15) is 0 Å². The fourth-order valence-corrected chi connectivity index (χ4v) is 3.32. The zero-order valence-electron chi connectivity index (χ0n) is 13.2. The molecule has 1 aromatic carbocycles. The largest absolute Gasteiger partial charge is 0.378 e. The predicted octanol–water partition coefficient (Wildman–Crippen LogP) is 1.96. The minimum Gasteiger partial charge on any atom is -0.378 e. The van der Waals surface area contributed by atoms with Gasteiger partial charge >= 0.3 is 0 Å². The highest BCUT2D eigenvalue weighted by atomic mass is 16.5. The van der Waals surface area contributed by atoms with E-state index < -0.39 is 0 Å². The van der Waals surface area contributed by atoms with Crippen LogP contribution in [0.5, 0.6) is 0 Å². The Hall–Kier alpha value is -1.26. The van der Waals surface area contributed by atoms with Gasteiger partial charge in [-0.05, 0) is 30.2 Å². The summed E-state index contributed by atoms with van der Waals surface area (Å²) in [6, 6.07) is 9.69. The molecule has 2 aliphatic rings. The Labute approximate surface area is 128 Å². The van der Waals surface area contributed by atoms with Gasteiger partial charge in [-0.15, -0.1) is 0 Å². The molecule has 0 aliphatic carbocycles. The number of hydrogen-bond donors (Lipinski definition) is 1. The summed E-state index contributed by atoms with van der Waals surface area (Å²) in [5.74, 6) is 0.664. The first-order valence-corrected chi connectivity index (χ1v) is 8.16. The summed E-state index contributed by atoms with van der Waals surface area (Å²) in [4.78, 5) is 4.97. The highest BCUT2D eigenvalue weighted by Crippen LogP contribution is 2.25. The minimum atomic E-state index is 0.591. The first kappa shape index (κ1) is 14.7. The van der Waals surface area contributed by atoms with Crippen molar-refractivity contribution in [3.8, 4) is 0 Å². The number of nitrogens with one attached hydrogen (secondary N) is 1. The van der Waals surface area contributed by atoms with E-state index in [0.717, 1.165) is 45.9 Å². The third-order valence-electron chi connectivity index (χ3n) is 4.61. The van der Waals surface area contributed by atoms with Crippen LogP contribution in [-0.4, -0.2) is 52.0 Å². The molecule has 2 fully saturated rings. The summed E-state index contributed by atoms with van der Waals surface area (Å²) in [7, 11) is 0. The zero-order chi connectivity index (χ0) is 14.7. The molecule has 3 rings (SSSR count). The van der Waals surface area contributed by atoms with Gasteiger partial charge in [-0.3, -0.25) is 0 Å². The molecule has 0 amide bonds. The van der Waals surface area contributed by atoms with Crippen LogP contribution in [0.15, 0.2) is 24.3 Å². The van der Waals surface area contributed by atoms with E-state index in [-0.39, 0.29) is 0 Å². The number of benzene rings is 1. The second-order valence-corrected chi connectivity index (χ2v) is 6.32. The van der Waals surface area contributed by atoms with Crippen LogP contribution in [0.25, 0.3) is 0 Å². The lowest BCUT2D eigenvalue weighted by Crippen LogP contribution is -2.53. The fraction of sp³-hybridized carbons (Fsp3) is 0.647. The Kier molecular flexibility index (Phi) is 4.66. The van der Waals surface area contributed by atoms with Crippen molar-refractivity contribution in [1.82, 2.24) is 5.32 Å². The van der Waals surface area contributed by atoms with E-state index >= 15 is 0 Å². The smallest absolute Gasteiger partial charge is 0.0642 e. The molecule has 116 valence electrons. The third-order valence-corrected chi connectivity index (χ3v) is 4.61. The molecule has 0 aromatic heterocycles. The molecule has 0 radical (unpaired) electrons. The Bertz CT molecular complexity index is 440. The molecule has 4 nitrogen and oxygen atoms in total.